The molecular weight excluding hydrogens is 392 g/mol. The average molecular weight is 418 g/mol. The quantitative estimate of drug-likeness (QED) is 0.695. The second kappa shape index (κ2) is 7.27. The number of fused-ring (bicyclic) bond motifs is 1. The molecule has 31 heavy (non-hydrogen) atoms. The molecule has 1 aromatic carbocycles. The Labute approximate surface area is 181 Å². The van der Waals surface area contributed by atoms with Crippen LogP contribution in [0.25, 0.3) is 0 Å². The number of benzene rings is 1. The van der Waals surface area contributed by atoms with Crippen molar-refractivity contribution in [3.8, 4) is 0 Å². The molecule has 0 N–H and O–H groups in total. The third kappa shape index (κ3) is 3.24. The Bertz CT molecular complexity index is 1070. The molecule has 4 heterocycles. The van der Waals surface area contributed by atoms with Gasteiger partial charge >= 0.3 is 0 Å². The molecule has 7 nitrogen and oxygen atoms in total. The van der Waals surface area contributed by atoms with Gasteiger partial charge in [-0.1, -0.05) is 35.9 Å². The first-order valence-electron chi connectivity index (χ1n) is 10.6. The Morgan fingerprint density at radius 1 is 1.32 bits per heavy atom. The van der Waals surface area contributed by atoms with E-state index in [2.05, 4.69) is 42.0 Å². The number of likely N-dealkylation sites (tertiary alicyclic amines) is 1. The molecule has 2 bridgehead atoms. The Morgan fingerprint density at radius 3 is 2.94 bits per heavy atom. The van der Waals surface area contributed by atoms with Crippen molar-refractivity contribution in [3.05, 3.63) is 71.3 Å². The molecule has 1 aromatic heterocycles. The van der Waals surface area contributed by atoms with Crippen LogP contribution in [-0.2, 0) is 27.4 Å². The van der Waals surface area contributed by atoms with Crippen molar-refractivity contribution in [1.82, 2.24) is 19.8 Å². The van der Waals surface area contributed by atoms with E-state index in [4.69, 9.17) is 4.74 Å². The summed E-state index contributed by atoms with van der Waals surface area (Å²) in [5.41, 5.74) is 3.52. The van der Waals surface area contributed by atoms with Crippen LogP contribution >= 0.6 is 0 Å². The second-order valence-electron chi connectivity index (χ2n) is 8.92. The number of hydrogen-bond donors (Lipinski definition) is 0. The van der Waals surface area contributed by atoms with Crippen molar-refractivity contribution in [2.45, 2.75) is 38.6 Å². The van der Waals surface area contributed by atoms with Crippen LogP contribution in [0.1, 0.15) is 22.4 Å². The summed E-state index contributed by atoms with van der Waals surface area (Å²) in [6, 6.07) is 8.07. The highest BCUT2D eigenvalue weighted by Gasteiger charge is 2.67. The van der Waals surface area contributed by atoms with Gasteiger partial charge in [-0.3, -0.25) is 9.59 Å². The number of carbonyl (C=O) groups excluding carboxylic acids is 2. The van der Waals surface area contributed by atoms with Gasteiger partial charge in [0, 0.05) is 19.8 Å². The summed E-state index contributed by atoms with van der Waals surface area (Å²) in [6.07, 6.45) is 6.73. The number of carbonyl (C=O) groups is 2. The second-order valence-corrected chi connectivity index (χ2v) is 8.92. The van der Waals surface area contributed by atoms with Gasteiger partial charge in [0.2, 0.25) is 11.8 Å². The zero-order chi connectivity index (χ0) is 21.8. The van der Waals surface area contributed by atoms with E-state index < -0.39 is 17.4 Å². The summed E-state index contributed by atoms with van der Waals surface area (Å²) in [5, 5.41) is 0. The fourth-order valence-corrected chi connectivity index (χ4v) is 5.16. The first kappa shape index (κ1) is 19.9. The lowest BCUT2D eigenvalue weighted by molar-refractivity contribution is -0.143. The lowest BCUT2D eigenvalue weighted by Crippen LogP contribution is -2.44. The number of ether oxygens (including phenoxy) is 1. The maximum Gasteiger partial charge on any atom is 0.230 e. The lowest BCUT2D eigenvalue weighted by Gasteiger charge is -2.27. The minimum atomic E-state index is -0.699. The van der Waals surface area contributed by atoms with Crippen molar-refractivity contribution in [3.63, 3.8) is 0 Å². The molecule has 3 aliphatic heterocycles. The molecular formula is C24H26N4O3. The third-order valence-corrected chi connectivity index (χ3v) is 6.75. The average Bonchev–Trinajstić information content (AvgIpc) is 3.39. The molecule has 3 aliphatic rings. The number of aryl methyl sites for hydroxylation is 2. The fourth-order valence-electron chi connectivity index (χ4n) is 5.16. The SMILES string of the molecule is Cc1ccc(C)c(CN2C[C@]34C=C[C@H](O3)C(C(=O)N(C)Cc3ccncn3)C4C2=O)c1. The van der Waals surface area contributed by atoms with Gasteiger partial charge in [0.1, 0.15) is 11.9 Å². The molecule has 0 saturated carbocycles. The molecule has 2 saturated heterocycles. The summed E-state index contributed by atoms with van der Waals surface area (Å²) in [6.45, 7) is 5.50. The van der Waals surface area contributed by atoms with Gasteiger partial charge < -0.3 is 14.5 Å². The smallest absolute Gasteiger partial charge is 0.230 e. The van der Waals surface area contributed by atoms with Gasteiger partial charge in [0.15, 0.2) is 0 Å². The van der Waals surface area contributed by atoms with Gasteiger partial charge in [-0.2, -0.15) is 0 Å². The van der Waals surface area contributed by atoms with Crippen LogP contribution in [0, 0.1) is 25.7 Å². The predicted molar refractivity (Wildman–Crippen MR) is 114 cm³/mol. The summed E-state index contributed by atoms with van der Waals surface area (Å²) < 4.78 is 6.26. The molecule has 1 spiro atoms. The van der Waals surface area contributed by atoms with Crippen LogP contribution in [0.4, 0.5) is 0 Å². The summed E-state index contributed by atoms with van der Waals surface area (Å²) in [7, 11) is 1.75. The number of hydrogen-bond acceptors (Lipinski definition) is 5. The van der Waals surface area contributed by atoms with Gasteiger partial charge in [0.25, 0.3) is 0 Å². The van der Waals surface area contributed by atoms with E-state index in [1.54, 1.807) is 24.2 Å². The molecule has 2 fully saturated rings. The van der Waals surface area contributed by atoms with Crippen LogP contribution in [0.5, 0.6) is 0 Å². The van der Waals surface area contributed by atoms with E-state index in [0.29, 0.717) is 19.6 Å². The van der Waals surface area contributed by atoms with Crippen LogP contribution < -0.4 is 0 Å². The molecule has 2 unspecified atom stereocenters. The zero-order valence-corrected chi connectivity index (χ0v) is 18.0. The highest BCUT2D eigenvalue weighted by Crippen LogP contribution is 2.52. The van der Waals surface area contributed by atoms with Gasteiger partial charge in [-0.15, -0.1) is 0 Å². The van der Waals surface area contributed by atoms with Gasteiger partial charge in [0.05, 0.1) is 36.7 Å². The van der Waals surface area contributed by atoms with Gasteiger partial charge in [-0.05, 0) is 31.0 Å². The monoisotopic (exact) mass is 418 g/mol. The Balaban J connectivity index is 1.37. The Hall–Kier alpha value is -3.06. The third-order valence-electron chi connectivity index (χ3n) is 6.75. The van der Waals surface area contributed by atoms with E-state index in [0.717, 1.165) is 16.8 Å². The summed E-state index contributed by atoms with van der Waals surface area (Å²) in [5.74, 6) is -1.07. The van der Waals surface area contributed by atoms with Crippen molar-refractivity contribution in [1.29, 1.82) is 0 Å². The summed E-state index contributed by atoms with van der Waals surface area (Å²) >= 11 is 0. The normalized spacial score (nSPS) is 28.3. The fraction of sp³-hybridized carbons (Fsp3) is 0.417. The number of aromatic nitrogens is 2. The van der Waals surface area contributed by atoms with Crippen LogP contribution in [0.15, 0.2) is 48.9 Å². The van der Waals surface area contributed by atoms with E-state index in [1.165, 1.54) is 11.9 Å². The molecule has 4 atom stereocenters. The maximum atomic E-state index is 13.5. The molecule has 2 aromatic rings. The van der Waals surface area contributed by atoms with Crippen LogP contribution in [0.3, 0.4) is 0 Å². The highest BCUT2D eigenvalue weighted by atomic mass is 16.5. The maximum absolute atomic E-state index is 13.5. The van der Waals surface area contributed by atoms with Gasteiger partial charge in [-0.25, -0.2) is 9.97 Å². The zero-order valence-electron chi connectivity index (χ0n) is 18.0. The Kier molecular flexibility index (Phi) is 4.66. The molecule has 7 heteroatoms. The van der Waals surface area contributed by atoms with Crippen LogP contribution in [0.2, 0.25) is 0 Å². The van der Waals surface area contributed by atoms with Crippen LogP contribution in [-0.4, -0.2) is 56.9 Å². The van der Waals surface area contributed by atoms with Crippen molar-refractivity contribution >= 4 is 11.8 Å². The Morgan fingerprint density at radius 2 is 2.16 bits per heavy atom. The topological polar surface area (TPSA) is 75.6 Å². The highest BCUT2D eigenvalue weighted by molar-refractivity contribution is 5.93. The first-order chi connectivity index (χ1) is 14.9. The number of nitrogens with zero attached hydrogens (tertiary/aromatic N) is 4. The van der Waals surface area contributed by atoms with Crippen molar-refractivity contribution in [2.75, 3.05) is 13.6 Å². The van der Waals surface area contributed by atoms with Crippen molar-refractivity contribution < 1.29 is 14.3 Å². The molecule has 160 valence electrons. The number of amides is 2. The molecule has 0 radical (unpaired) electrons. The predicted octanol–water partition coefficient (Wildman–Crippen LogP) is 2.03. The molecule has 0 aliphatic carbocycles. The minimum Gasteiger partial charge on any atom is -0.360 e. The lowest BCUT2D eigenvalue weighted by atomic mass is 9.76. The molecule has 2 amide bonds. The van der Waals surface area contributed by atoms with E-state index in [-0.39, 0.29) is 17.9 Å². The minimum absolute atomic E-state index is 0.00143. The van der Waals surface area contributed by atoms with E-state index in [9.17, 15) is 9.59 Å². The number of rotatable bonds is 5. The molecule has 5 rings (SSSR count). The standard InChI is InChI=1S/C24H26N4O3/c1-15-4-5-16(2)17(10-15)11-28-13-24-8-6-19(31-24)20(21(24)23(28)30)22(29)27(3)12-18-7-9-25-14-26-18/h4-10,14,19-21H,11-13H2,1-3H3/t19-,20?,21?,24-/m0/s1. The van der Waals surface area contributed by atoms with E-state index in [1.807, 2.05) is 17.1 Å². The first-order valence-corrected chi connectivity index (χ1v) is 10.6. The van der Waals surface area contributed by atoms with E-state index >= 15 is 0 Å². The largest absolute Gasteiger partial charge is 0.360 e. The summed E-state index contributed by atoms with van der Waals surface area (Å²) in [4.78, 5) is 38.5. The van der Waals surface area contributed by atoms with Crippen molar-refractivity contribution in [2.24, 2.45) is 11.8 Å².